The van der Waals surface area contributed by atoms with Crippen molar-refractivity contribution in [3.05, 3.63) is 18.2 Å². The molecule has 0 amide bonds. The molecule has 4 nitrogen and oxygen atoms in total. The average Bonchev–Trinajstić information content (AvgIpc) is 2.32. The molecule has 2 rings (SSSR count). The molecule has 1 aromatic rings. The summed E-state index contributed by atoms with van der Waals surface area (Å²) >= 11 is 0. The monoisotopic (exact) mass is 221 g/mol. The smallest absolute Gasteiger partial charge is 0.215 e. The number of ether oxygens (including phenoxy) is 1. The number of nitrogens with two attached hydrogens (primary N) is 1. The number of nitrogens with zero attached hydrogens (tertiary/aromatic N) is 1. The fourth-order valence-electron chi connectivity index (χ4n) is 2.08. The molecule has 4 heteroatoms. The van der Waals surface area contributed by atoms with Crippen molar-refractivity contribution in [3.63, 3.8) is 0 Å². The van der Waals surface area contributed by atoms with Gasteiger partial charge in [0.25, 0.3) is 0 Å². The van der Waals surface area contributed by atoms with Crippen LogP contribution in [0.15, 0.2) is 18.2 Å². The first kappa shape index (κ1) is 11.2. The van der Waals surface area contributed by atoms with Gasteiger partial charge in [-0.25, -0.2) is 5.84 Å². The van der Waals surface area contributed by atoms with Gasteiger partial charge in [0.15, 0.2) is 0 Å². The van der Waals surface area contributed by atoms with E-state index < -0.39 is 0 Å². The van der Waals surface area contributed by atoms with Crippen LogP contribution in [0.25, 0.3) is 0 Å². The first-order valence-corrected chi connectivity index (χ1v) is 5.88. The minimum Gasteiger partial charge on any atom is -0.474 e. The molecular formula is C12H19N3O. The second-order valence-corrected chi connectivity index (χ2v) is 4.51. The van der Waals surface area contributed by atoms with Gasteiger partial charge >= 0.3 is 0 Å². The third-order valence-corrected chi connectivity index (χ3v) is 3.12. The summed E-state index contributed by atoms with van der Waals surface area (Å²) in [6, 6.07) is 5.58. The Labute approximate surface area is 96.2 Å². The number of nitrogens with one attached hydrogen (secondary N) is 1. The molecule has 0 aromatic carbocycles. The van der Waals surface area contributed by atoms with Crippen molar-refractivity contribution in [2.24, 2.45) is 11.8 Å². The molecule has 1 aliphatic rings. The zero-order valence-electron chi connectivity index (χ0n) is 9.65. The highest BCUT2D eigenvalue weighted by atomic mass is 16.5. The third-order valence-electron chi connectivity index (χ3n) is 3.12. The highest BCUT2D eigenvalue weighted by Gasteiger charge is 2.19. The van der Waals surface area contributed by atoms with E-state index in [1.54, 1.807) is 0 Å². The third kappa shape index (κ3) is 2.85. The van der Waals surface area contributed by atoms with Crippen LogP contribution in [0, 0.1) is 5.92 Å². The highest BCUT2D eigenvalue weighted by molar-refractivity contribution is 5.35. The summed E-state index contributed by atoms with van der Waals surface area (Å²) in [5.74, 6) is 7.44. The minimum atomic E-state index is 0.316. The summed E-state index contributed by atoms with van der Waals surface area (Å²) in [5.41, 5.74) is 2.52. The Morgan fingerprint density at radius 3 is 2.75 bits per heavy atom. The zero-order valence-corrected chi connectivity index (χ0v) is 9.65. The Hall–Kier alpha value is -1.29. The molecule has 1 aliphatic carbocycles. The molecule has 0 unspecified atom stereocenters. The molecule has 16 heavy (non-hydrogen) atoms. The highest BCUT2D eigenvalue weighted by Crippen LogP contribution is 2.26. The van der Waals surface area contributed by atoms with Crippen LogP contribution in [0.2, 0.25) is 0 Å². The number of hydrogen-bond donors (Lipinski definition) is 2. The number of rotatable bonds is 3. The molecule has 0 atom stereocenters. The quantitative estimate of drug-likeness (QED) is 0.607. The van der Waals surface area contributed by atoms with Crippen LogP contribution in [0.3, 0.4) is 0 Å². The second-order valence-electron chi connectivity index (χ2n) is 4.51. The van der Waals surface area contributed by atoms with Crippen LogP contribution in [0.4, 0.5) is 5.82 Å². The van der Waals surface area contributed by atoms with E-state index in [4.69, 9.17) is 10.6 Å². The summed E-state index contributed by atoms with van der Waals surface area (Å²) in [7, 11) is 0. The van der Waals surface area contributed by atoms with Gasteiger partial charge in [-0.3, -0.25) is 0 Å². The van der Waals surface area contributed by atoms with Gasteiger partial charge < -0.3 is 10.2 Å². The molecule has 1 aromatic heterocycles. The molecule has 3 N–H and O–H groups in total. The van der Waals surface area contributed by atoms with Crippen LogP contribution in [0.1, 0.15) is 32.6 Å². The molecule has 0 saturated heterocycles. The lowest BCUT2D eigenvalue weighted by Gasteiger charge is -2.26. The summed E-state index contributed by atoms with van der Waals surface area (Å²) in [4.78, 5) is 4.25. The maximum Gasteiger partial charge on any atom is 0.215 e. The van der Waals surface area contributed by atoms with Gasteiger partial charge in [-0.1, -0.05) is 13.0 Å². The summed E-state index contributed by atoms with van der Waals surface area (Å²) in [6.07, 6.45) is 5.07. The molecule has 88 valence electrons. The first-order chi connectivity index (χ1) is 7.78. The van der Waals surface area contributed by atoms with Crippen molar-refractivity contribution < 1.29 is 4.74 Å². The Morgan fingerprint density at radius 2 is 2.06 bits per heavy atom. The molecule has 0 bridgehead atoms. The molecule has 0 spiro atoms. The summed E-state index contributed by atoms with van der Waals surface area (Å²) < 4.78 is 5.84. The lowest BCUT2D eigenvalue weighted by molar-refractivity contribution is 0.130. The number of aromatic nitrogens is 1. The van der Waals surface area contributed by atoms with Crippen molar-refractivity contribution in [1.82, 2.24) is 4.98 Å². The van der Waals surface area contributed by atoms with Gasteiger partial charge in [0, 0.05) is 6.07 Å². The Kier molecular flexibility index (Phi) is 3.62. The Balaban J connectivity index is 1.93. The topological polar surface area (TPSA) is 60.2 Å². The Morgan fingerprint density at radius 1 is 1.31 bits per heavy atom. The molecule has 0 radical (unpaired) electrons. The van der Waals surface area contributed by atoms with Crippen molar-refractivity contribution in [2.45, 2.75) is 38.7 Å². The van der Waals surface area contributed by atoms with Gasteiger partial charge in [0.1, 0.15) is 11.9 Å². The average molecular weight is 221 g/mol. The van der Waals surface area contributed by atoms with Gasteiger partial charge in [-0.05, 0) is 37.7 Å². The minimum absolute atomic E-state index is 0.316. The van der Waals surface area contributed by atoms with E-state index in [1.165, 1.54) is 12.8 Å². The molecule has 1 saturated carbocycles. The van der Waals surface area contributed by atoms with Crippen LogP contribution in [-0.4, -0.2) is 11.1 Å². The predicted molar refractivity (Wildman–Crippen MR) is 64.1 cm³/mol. The summed E-state index contributed by atoms with van der Waals surface area (Å²) in [5, 5.41) is 0. The maximum atomic E-state index is 5.84. The van der Waals surface area contributed by atoms with E-state index in [0.29, 0.717) is 17.8 Å². The number of hydrogen-bond acceptors (Lipinski definition) is 4. The largest absolute Gasteiger partial charge is 0.474 e. The van der Waals surface area contributed by atoms with Gasteiger partial charge in [-0.2, -0.15) is 4.98 Å². The molecule has 0 aliphatic heterocycles. The van der Waals surface area contributed by atoms with Crippen LogP contribution < -0.4 is 16.0 Å². The van der Waals surface area contributed by atoms with E-state index in [0.717, 1.165) is 18.8 Å². The summed E-state index contributed by atoms with van der Waals surface area (Å²) in [6.45, 7) is 2.30. The fourth-order valence-corrected chi connectivity index (χ4v) is 2.08. The lowest BCUT2D eigenvalue weighted by atomic mass is 9.89. The van der Waals surface area contributed by atoms with E-state index in [-0.39, 0.29) is 0 Å². The van der Waals surface area contributed by atoms with Crippen molar-refractivity contribution >= 4 is 5.82 Å². The van der Waals surface area contributed by atoms with Crippen LogP contribution in [-0.2, 0) is 0 Å². The molecular weight excluding hydrogens is 202 g/mol. The maximum absolute atomic E-state index is 5.84. The normalized spacial score (nSPS) is 25.1. The van der Waals surface area contributed by atoms with Crippen molar-refractivity contribution in [3.8, 4) is 5.88 Å². The van der Waals surface area contributed by atoms with Crippen molar-refractivity contribution in [1.29, 1.82) is 0 Å². The number of pyridine rings is 1. The van der Waals surface area contributed by atoms with E-state index >= 15 is 0 Å². The van der Waals surface area contributed by atoms with Gasteiger partial charge in [0.2, 0.25) is 5.88 Å². The Bertz CT molecular complexity index is 335. The molecule has 1 heterocycles. The predicted octanol–water partition coefficient (Wildman–Crippen LogP) is 2.32. The number of anilines is 1. The van der Waals surface area contributed by atoms with E-state index in [9.17, 15) is 0 Å². The first-order valence-electron chi connectivity index (χ1n) is 5.88. The fraction of sp³-hybridized carbons (Fsp3) is 0.583. The lowest BCUT2D eigenvalue weighted by Crippen LogP contribution is -2.23. The standard InChI is InChI=1S/C12H19N3O/c1-9-5-7-10(8-6-9)16-12-4-2-3-11(14-12)15-13/h2-4,9-10H,5-8,13H2,1H3,(H,14,15). The molecule has 1 fully saturated rings. The second kappa shape index (κ2) is 5.16. The number of hydrazine groups is 1. The van der Waals surface area contributed by atoms with Gasteiger partial charge in [-0.15, -0.1) is 0 Å². The van der Waals surface area contributed by atoms with Gasteiger partial charge in [0.05, 0.1) is 0 Å². The zero-order chi connectivity index (χ0) is 11.4. The van der Waals surface area contributed by atoms with E-state index in [1.807, 2.05) is 18.2 Å². The van der Waals surface area contributed by atoms with E-state index in [2.05, 4.69) is 17.3 Å². The van der Waals surface area contributed by atoms with Crippen LogP contribution in [0.5, 0.6) is 5.88 Å². The SMILES string of the molecule is CC1CCC(Oc2cccc(NN)n2)CC1. The van der Waals surface area contributed by atoms with Crippen molar-refractivity contribution in [2.75, 3.05) is 5.43 Å². The number of nitrogen functional groups attached to an aromatic ring is 1. The van der Waals surface area contributed by atoms with Crippen LogP contribution >= 0.6 is 0 Å².